The number of hydrogen-bond acceptors (Lipinski definition) is 4. The summed E-state index contributed by atoms with van der Waals surface area (Å²) in [5.74, 6) is 1.05. The van der Waals surface area contributed by atoms with E-state index in [1.165, 1.54) is 38.6 Å². The van der Waals surface area contributed by atoms with Crippen molar-refractivity contribution in [2.75, 3.05) is 67.6 Å². The van der Waals surface area contributed by atoms with Gasteiger partial charge in [0.15, 0.2) is 5.96 Å². The highest BCUT2D eigenvalue weighted by atomic mass is 16.5. The Morgan fingerprint density at radius 1 is 1.04 bits per heavy atom. The lowest BCUT2D eigenvalue weighted by atomic mass is 10.1. The van der Waals surface area contributed by atoms with Gasteiger partial charge in [0.2, 0.25) is 0 Å². The van der Waals surface area contributed by atoms with E-state index in [4.69, 9.17) is 9.47 Å². The Kier molecular flexibility index (Phi) is 13.6. The SMILES string of the molecule is CN=C(NCCCCCCCN(C)C)N1CCC(OCCCOC)CC1. The van der Waals surface area contributed by atoms with Gasteiger partial charge in [-0.3, -0.25) is 4.99 Å². The van der Waals surface area contributed by atoms with Crippen LogP contribution in [0.3, 0.4) is 0 Å². The molecule has 1 aliphatic rings. The maximum absolute atomic E-state index is 5.94. The van der Waals surface area contributed by atoms with Crippen molar-refractivity contribution >= 4 is 5.96 Å². The molecule has 1 rings (SSSR count). The summed E-state index contributed by atoms with van der Waals surface area (Å²) in [6.07, 6.45) is 10.0. The van der Waals surface area contributed by atoms with Crippen molar-refractivity contribution in [3.05, 3.63) is 0 Å². The molecule has 154 valence electrons. The first-order valence-corrected chi connectivity index (χ1v) is 10.4. The molecule has 0 unspecified atom stereocenters. The summed E-state index contributed by atoms with van der Waals surface area (Å²) in [6, 6.07) is 0. The van der Waals surface area contributed by atoms with E-state index in [2.05, 4.69) is 34.2 Å². The van der Waals surface area contributed by atoms with E-state index in [0.29, 0.717) is 6.10 Å². The molecule has 1 fully saturated rings. The lowest BCUT2D eigenvalue weighted by molar-refractivity contribution is 0.00991. The number of ether oxygens (including phenoxy) is 2. The van der Waals surface area contributed by atoms with Crippen LogP contribution in [0.15, 0.2) is 4.99 Å². The fourth-order valence-electron chi connectivity index (χ4n) is 3.30. The third-order valence-electron chi connectivity index (χ3n) is 4.86. The highest BCUT2D eigenvalue weighted by Crippen LogP contribution is 2.14. The van der Waals surface area contributed by atoms with Crippen molar-refractivity contribution in [3.8, 4) is 0 Å². The fourth-order valence-corrected chi connectivity index (χ4v) is 3.30. The van der Waals surface area contributed by atoms with Gasteiger partial charge in [-0.15, -0.1) is 0 Å². The Morgan fingerprint density at radius 3 is 2.38 bits per heavy atom. The molecule has 0 aromatic heterocycles. The largest absolute Gasteiger partial charge is 0.385 e. The van der Waals surface area contributed by atoms with Gasteiger partial charge in [0.05, 0.1) is 6.10 Å². The standard InChI is InChI=1S/C20H42N4O2/c1-21-20(22-13-8-6-5-7-9-14-23(2)3)24-15-11-19(12-16-24)26-18-10-17-25-4/h19H,5-18H2,1-4H3,(H,21,22). The van der Waals surface area contributed by atoms with Gasteiger partial charge in [-0.25, -0.2) is 0 Å². The predicted octanol–water partition coefficient (Wildman–Crippen LogP) is 2.59. The number of nitrogens with zero attached hydrogens (tertiary/aromatic N) is 3. The molecule has 0 atom stereocenters. The Morgan fingerprint density at radius 2 is 1.73 bits per heavy atom. The normalized spacial score (nSPS) is 16.5. The third-order valence-corrected chi connectivity index (χ3v) is 4.86. The molecule has 1 N–H and O–H groups in total. The quantitative estimate of drug-likeness (QED) is 0.307. The Labute approximate surface area is 161 Å². The Hall–Kier alpha value is -0.850. The molecule has 1 aliphatic heterocycles. The molecular formula is C20H42N4O2. The van der Waals surface area contributed by atoms with Crippen molar-refractivity contribution in [2.24, 2.45) is 4.99 Å². The van der Waals surface area contributed by atoms with Gasteiger partial charge in [0.25, 0.3) is 0 Å². The van der Waals surface area contributed by atoms with E-state index < -0.39 is 0 Å². The van der Waals surface area contributed by atoms with E-state index >= 15 is 0 Å². The first kappa shape index (κ1) is 23.2. The number of unbranched alkanes of at least 4 members (excludes halogenated alkanes) is 4. The first-order chi connectivity index (χ1) is 12.7. The molecule has 0 radical (unpaired) electrons. The molecule has 0 saturated carbocycles. The molecule has 0 spiro atoms. The van der Waals surface area contributed by atoms with Crippen molar-refractivity contribution in [2.45, 2.75) is 57.5 Å². The number of likely N-dealkylation sites (tertiary alicyclic amines) is 1. The summed E-state index contributed by atoms with van der Waals surface area (Å²) in [7, 11) is 7.91. The Bertz CT molecular complexity index is 356. The van der Waals surface area contributed by atoms with Crippen LogP contribution in [0.1, 0.15) is 51.4 Å². The minimum Gasteiger partial charge on any atom is -0.385 e. The zero-order valence-electron chi connectivity index (χ0n) is 17.6. The third kappa shape index (κ3) is 11.0. The zero-order valence-corrected chi connectivity index (χ0v) is 17.6. The second kappa shape index (κ2) is 15.2. The zero-order chi connectivity index (χ0) is 19.0. The predicted molar refractivity (Wildman–Crippen MR) is 110 cm³/mol. The lowest BCUT2D eigenvalue weighted by Crippen LogP contribution is -2.47. The summed E-state index contributed by atoms with van der Waals surface area (Å²) < 4.78 is 11.0. The highest BCUT2D eigenvalue weighted by Gasteiger charge is 2.21. The molecule has 0 aliphatic carbocycles. The van der Waals surface area contributed by atoms with Gasteiger partial charge in [0.1, 0.15) is 0 Å². The van der Waals surface area contributed by atoms with Crippen LogP contribution in [-0.4, -0.2) is 89.5 Å². The van der Waals surface area contributed by atoms with Crippen molar-refractivity contribution in [3.63, 3.8) is 0 Å². The van der Waals surface area contributed by atoms with E-state index in [0.717, 1.165) is 58.1 Å². The minimum absolute atomic E-state index is 0.392. The summed E-state index contributed by atoms with van der Waals surface area (Å²) >= 11 is 0. The Balaban J connectivity index is 2.06. The van der Waals surface area contributed by atoms with Crippen LogP contribution in [-0.2, 0) is 9.47 Å². The van der Waals surface area contributed by atoms with E-state index in [1.54, 1.807) is 7.11 Å². The van der Waals surface area contributed by atoms with Gasteiger partial charge in [-0.05, 0) is 52.7 Å². The maximum Gasteiger partial charge on any atom is 0.193 e. The first-order valence-electron chi connectivity index (χ1n) is 10.4. The number of hydrogen-bond donors (Lipinski definition) is 1. The van der Waals surface area contributed by atoms with Crippen LogP contribution in [0, 0.1) is 0 Å². The number of nitrogens with one attached hydrogen (secondary N) is 1. The highest BCUT2D eigenvalue weighted by molar-refractivity contribution is 5.79. The number of methoxy groups -OCH3 is 1. The smallest absolute Gasteiger partial charge is 0.193 e. The van der Waals surface area contributed by atoms with Crippen LogP contribution < -0.4 is 5.32 Å². The maximum atomic E-state index is 5.94. The molecule has 1 heterocycles. The number of aliphatic imine (C=N–C) groups is 1. The molecule has 1 saturated heterocycles. The summed E-state index contributed by atoms with van der Waals surface area (Å²) in [6.45, 7) is 5.87. The van der Waals surface area contributed by atoms with Gasteiger partial charge < -0.3 is 24.6 Å². The summed E-state index contributed by atoms with van der Waals surface area (Å²) in [5, 5.41) is 3.53. The topological polar surface area (TPSA) is 49.3 Å². The van der Waals surface area contributed by atoms with Crippen molar-refractivity contribution < 1.29 is 9.47 Å². The second-order valence-corrected chi connectivity index (χ2v) is 7.45. The number of rotatable bonds is 13. The summed E-state index contributed by atoms with van der Waals surface area (Å²) in [4.78, 5) is 9.09. The molecule has 0 bridgehead atoms. The molecule has 0 aromatic rings. The van der Waals surface area contributed by atoms with Crippen LogP contribution in [0.4, 0.5) is 0 Å². The monoisotopic (exact) mass is 370 g/mol. The molecule has 6 heteroatoms. The van der Waals surface area contributed by atoms with Gasteiger partial charge >= 0.3 is 0 Å². The van der Waals surface area contributed by atoms with Crippen molar-refractivity contribution in [1.29, 1.82) is 0 Å². The number of piperidine rings is 1. The fraction of sp³-hybridized carbons (Fsp3) is 0.950. The second-order valence-electron chi connectivity index (χ2n) is 7.45. The lowest BCUT2D eigenvalue weighted by Gasteiger charge is -2.34. The molecule has 6 nitrogen and oxygen atoms in total. The van der Waals surface area contributed by atoms with Crippen molar-refractivity contribution in [1.82, 2.24) is 15.1 Å². The average molecular weight is 371 g/mol. The van der Waals surface area contributed by atoms with Gasteiger partial charge in [-0.2, -0.15) is 0 Å². The van der Waals surface area contributed by atoms with Gasteiger partial charge in [-0.1, -0.05) is 19.3 Å². The average Bonchev–Trinajstić information content (AvgIpc) is 2.64. The van der Waals surface area contributed by atoms with Crippen LogP contribution in [0.2, 0.25) is 0 Å². The molecule has 0 amide bonds. The van der Waals surface area contributed by atoms with E-state index in [1.807, 2.05) is 7.05 Å². The summed E-state index contributed by atoms with van der Waals surface area (Å²) in [5.41, 5.74) is 0. The minimum atomic E-state index is 0.392. The van der Waals surface area contributed by atoms with Crippen LogP contribution >= 0.6 is 0 Å². The van der Waals surface area contributed by atoms with E-state index in [9.17, 15) is 0 Å². The molecule has 0 aromatic carbocycles. The van der Waals surface area contributed by atoms with Crippen LogP contribution in [0.25, 0.3) is 0 Å². The van der Waals surface area contributed by atoms with Gasteiger partial charge in [0, 0.05) is 47.0 Å². The molecular weight excluding hydrogens is 328 g/mol. The number of guanidine groups is 1. The van der Waals surface area contributed by atoms with E-state index in [-0.39, 0.29) is 0 Å². The molecule has 26 heavy (non-hydrogen) atoms. The van der Waals surface area contributed by atoms with Crippen LogP contribution in [0.5, 0.6) is 0 Å².